The summed E-state index contributed by atoms with van der Waals surface area (Å²) in [6.07, 6.45) is 2.33. The third kappa shape index (κ3) is 5.69. The number of rotatable bonds is 6. The summed E-state index contributed by atoms with van der Waals surface area (Å²) in [5.74, 6) is 1.000. The van der Waals surface area contributed by atoms with Gasteiger partial charge in [-0.1, -0.05) is 72.4 Å². The molecule has 1 aliphatic rings. The van der Waals surface area contributed by atoms with E-state index in [4.69, 9.17) is 23.2 Å². The normalized spacial score (nSPS) is 16.6. The molecule has 1 saturated heterocycles. The molecule has 0 amide bonds. The van der Waals surface area contributed by atoms with Crippen LogP contribution in [0.3, 0.4) is 0 Å². The molecule has 0 aromatic heterocycles. The highest BCUT2D eigenvalue weighted by Gasteiger charge is 2.28. The molecule has 2 aromatic carbocycles. The van der Waals surface area contributed by atoms with E-state index in [9.17, 15) is 0 Å². The number of guanidine groups is 1. The first-order chi connectivity index (χ1) is 14.5. The van der Waals surface area contributed by atoms with Crippen molar-refractivity contribution in [1.82, 2.24) is 15.1 Å². The molecule has 4 nitrogen and oxygen atoms in total. The van der Waals surface area contributed by atoms with Gasteiger partial charge in [0, 0.05) is 49.8 Å². The average molecular weight is 447 g/mol. The summed E-state index contributed by atoms with van der Waals surface area (Å²) in [7, 11) is 1.86. The Morgan fingerprint density at radius 3 is 2.37 bits per heavy atom. The zero-order valence-corrected chi connectivity index (χ0v) is 19.7. The summed E-state index contributed by atoms with van der Waals surface area (Å²) in [4.78, 5) is 9.34. The second-order valence-corrected chi connectivity index (χ2v) is 8.67. The van der Waals surface area contributed by atoms with Crippen molar-refractivity contribution in [2.75, 3.05) is 39.8 Å². The highest BCUT2D eigenvalue weighted by atomic mass is 35.5. The van der Waals surface area contributed by atoms with Crippen LogP contribution in [0.1, 0.15) is 42.5 Å². The van der Waals surface area contributed by atoms with Crippen molar-refractivity contribution in [2.45, 2.75) is 32.7 Å². The smallest absolute Gasteiger partial charge is 0.193 e. The van der Waals surface area contributed by atoms with E-state index in [-0.39, 0.29) is 6.04 Å². The van der Waals surface area contributed by atoms with Gasteiger partial charge in [0.2, 0.25) is 0 Å². The van der Waals surface area contributed by atoms with Crippen LogP contribution in [0.2, 0.25) is 10.0 Å². The van der Waals surface area contributed by atoms with Gasteiger partial charge in [-0.2, -0.15) is 0 Å². The van der Waals surface area contributed by atoms with Gasteiger partial charge in [-0.15, -0.1) is 0 Å². The molecule has 0 radical (unpaired) electrons. The van der Waals surface area contributed by atoms with Crippen molar-refractivity contribution in [2.24, 2.45) is 4.99 Å². The van der Waals surface area contributed by atoms with Gasteiger partial charge in [0.05, 0.1) is 6.04 Å². The summed E-state index contributed by atoms with van der Waals surface area (Å²) in [6.45, 7) is 9.02. The van der Waals surface area contributed by atoms with Gasteiger partial charge in [0.1, 0.15) is 0 Å². The van der Waals surface area contributed by atoms with Crippen molar-refractivity contribution in [3.8, 4) is 0 Å². The van der Waals surface area contributed by atoms with Crippen LogP contribution in [0.4, 0.5) is 0 Å². The van der Waals surface area contributed by atoms with Crippen molar-refractivity contribution in [1.29, 1.82) is 0 Å². The van der Waals surface area contributed by atoms with E-state index in [2.05, 4.69) is 64.3 Å². The average Bonchev–Trinajstić information content (AvgIpc) is 2.75. The third-order valence-corrected chi connectivity index (χ3v) is 6.22. The quantitative estimate of drug-likeness (QED) is 0.366. The number of nitrogens with one attached hydrogen (secondary N) is 1. The summed E-state index contributed by atoms with van der Waals surface area (Å²) >= 11 is 12.8. The molecule has 1 N–H and O–H groups in total. The second-order valence-electron chi connectivity index (χ2n) is 7.83. The number of hydrogen-bond donors (Lipinski definition) is 1. The fourth-order valence-electron chi connectivity index (χ4n) is 3.96. The molecule has 2 aromatic rings. The molecule has 1 unspecified atom stereocenters. The lowest BCUT2D eigenvalue weighted by molar-refractivity contribution is 0.148. The Balaban J connectivity index is 1.79. The van der Waals surface area contributed by atoms with Crippen LogP contribution in [0.25, 0.3) is 0 Å². The van der Waals surface area contributed by atoms with Crippen LogP contribution in [0, 0.1) is 6.92 Å². The Bertz CT molecular complexity index is 843. The first kappa shape index (κ1) is 22.9. The molecule has 1 aliphatic heterocycles. The first-order valence-corrected chi connectivity index (χ1v) is 11.5. The molecular formula is C24H32Cl2N4. The lowest BCUT2D eigenvalue weighted by atomic mass is 9.95. The van der Waals surface area contributed by atoms with E-state index >= 15 is 0 Å². The summed E-state index contributed by atoms with van der Waals surface area (Å²) in [5, 5.41) is 4.87. The molecule has 0 bridgehead atoms. The van der Waals surface area contributed by atoms with Crippen molar-refractivity contribution >= 4 is 29.2 Å². The first-order valence-electron chi connectivity index (χ1n) is 10.7. The standard InChI is InChI=1S/C24H32Cl2N4/c1-4-5-12-28-24(27-3)30-15-13-29(14-16-30)23(19-8-6-18(2)7-9-19)21-11-10-20(25)17-22(21)26/h6-11,17,23H,4-5,12-16H2,1-3H3,(H,27,28). The van der Waals surface area contributed by atoms with Crippen LogP contribution in [0.15, 0.2) is 47.5 Å². The zero-order valence-electron chi connectivity index (χ0n) is 18.2. The Labute approximate surface area is 190 Å². The Hall–Kier alpha value is -1.75. The molecule has 1 fully saturated rings. The largest absolute Gasteiger partial charge is 0.356 e. The van der Waals surface area contributed by atoms with E-state index in [1.807, 2.05) is 19.2 Å². The maximum Gasteiger partial charge on any atom is 0.193 e. The van der Waals surface area contributed by atoms with E-state index < -0.39 is 0 Å². The van der Waals surface area contributed by atoms with Crippen LogP contribution >= 0.6 is 23.2 Å². The highest BCUT2D eigenvalue weighted by Crippen LogP contribution is 2.35. The summed E-state index contributed by atoms with van der Waals surface area (Å²) in [5.41, 5.74) is 3.61. The number of halogens is 2. The van der Waals surface area contributed by atoms with Gasteiger partial charge in [-0.25, -0.2) is 0 Å². The predicted octanol–water partition coefficient (Wildman–Crippen LogP) is 5.38. The Kier molecular flexibility index (Phi) is 8.43. The number of nitrogens with zero attached hydrogens (tertiary/aromatic N) is 3. The summed E-state index contributed by atoms with van der Waals surface area (Å²) in [6, 6.07) is 14.7. The number of hydrogen-bond acceptors (Lipinski definition) is 2. The molecule has 1 heterocycles. The zero-order chi connectivity index (χ0) is 21.5. The maximum atomic E-state index is 6.65. The van der Waals surface area contributed by atoms with Gasteiger partial charge < -0.3 is 10.2 Å². The van der Waals surface area contributed by atoms with Crippen molar-refractivity contribution in [3.05, 3.63) is 69.2 Å². The Morgan fingerprint density at radius 2 is 1.77 bits per heavy atom. The lowest BCUT2D eigenvalue weighted by Gasteiger charge is -2.41. The van der Waals surface area contributed by atoms with E-state index in [0.29, 0.717) is 10.0 Å². The fraction of sp³-hybridized carbons (Fsp3) is 0.458. The molecule has 162 valence electrons. The molecular weight excluding hydrogens is 415 g/mol. The van der Waals surface area contributed by atoms with Crippen LogP contribution < -0.4 is 5.32 Å². The van der Waals surface area contributed by atoms with Gasteiger partial charge >= 0.3 is 0 Å². The number of piperazine rings is 1. The molecule has 0 saturated carbocycles. The molecule has 0 aliphatic carbocycles. The number of unbranched alkanes of at least 4 members (excludes halogenated alkanes) is 1. The SMILES string of the molecule is CCCCNC(=NC)N1CCN(C(c2ccc(C)cc2)c2ccc(Cl)cc2Cl)CC1. The second kappa shape index (κ2) is 11.0. The highest BCUT2D eigenvalue weighted by molar-refractivity contribution is 6.35. The van der Waals surface area contributed by atoms with Gasteiger partial charge in [-0.05, 0) is 36.6 Å². The Morgan fingerprint density at radius 1 is 1.07 bits per heavy atom. The van der Waals surface area contributed by atoms with Gasteiger partial charge in [0.25, 0.3) is 0 Å². The van der Waals surface area contributed by atoms with Crippen molar-refractivity contribution < 1.29 is 0 Å². The van der Waals surface area contributed by atoms with Crippen LogP contribution in [-0.2, 0) is 0 Å². The number of aliphatic imine (C=N–C) groups is 1. The number of benzene rings is 2. The number of aryl methyl sites for hydroxylation is 1. The van der Waals surface area contributed by atoms with Gasteiger partial charge in [-0.3, -0.25) is 9.89 Å². The maximum absolute atomic E-state index is 6.65. The monoisotopic (exact) mass is 446 g/mol. The van der Waals surface area contributed by atoms with Gasteiger partial charge in [0.15, 0.2) is 5.96 Å². The third-order valence-electron chi connectivity index (χ3n) is 5.65. The summed E-state index contributed by atoms with van der Waals surface area (Å²) < 4.78 is 0. The minimum absolute atomic E-state index is 0.104. The topological polar surface area (TPSA) is 30.9 Å². The van der Waals surface area contributed by atoms with Crippen LogP contribution in [0.5, 0.6) is 0 Å². The minimum atomic E-state index is 0.104. The predicted molar refractivity (Wildman–Crippen MR) is 129 cm³/mol. The van der Waals surface area contributed by atoms with Crippen LogP contribution in [-0.4, -0.2) is 55.5 Å². The van der Waals surface area contributed by atoms with E-state index in [1.165, 1.54) is 17.5 Å². The lowest BCUT2D eigenvalue weighted by Crippen LogP contribution is -2.53. The molecule has 1 atom stereocenters. The molecule has 3 rings (SSSR count). The fourth-order valence-corrected chi connectivity index (χ4v) is 4.47. The molecule has 6 heteroatoms. The molecule has 30 heavy (non-hydrogen) atoms. The van der Waals surface area contributed by atoms with E-state index in [0.717, 1.165) is 50.7 Å². The molecule has 0 spiro atoms. The minimum Gasteiger partial charge on any atom is -0.356 e. The van der Waals surface area contributed by atoms with Crippen molar-refractivity contribution in [3.63, 3.8) is 0 Å². The van der Waals surface area contributed by atoms with E-state index in [1.54, 1.807) is 0 Å².